The standard InChI is InChI=1S/C31H34F6O/c1-2-3-4-5-6-20-7-10-22(11-8-20)24-15-16-26-25(19-24)14-13-23(29(26)34)12-9-21-17-27(32)30(28(33)18-21)38-31(35,36)37/h13-20,22H,2-12H2,1H3. The molecule has 38 heavy (non-hydrogen) atoms. The van der Waals surface area contributed by atoms with Crippen LogP contribution in [-0.2, 0) is 12.8 Å². The van der Waals surface area contributed by atoms with Gasteiger partial charge in [-0.05, 0) is 84.6 Å². The maximum absolute atomic E-state index is 15.3. The predicted molar refractivity (Wildman–Crippen MR) is 138 cm³/mol. The molecule has 1 nitrogen and oxygen atoms in total. The van der Waals surface area contributed by atoms with Crippen LogP contribution in [0.25, 0.3) is 10.8 Å². The summed E-state index contributed by atoms with van der Waals surface area (Å²) < 4.78 is 83.8. The lowest BCUT2D eigenvalue weighted by molar-refractivity contribution is -0.276. The Bertz CT molecular complexity index is 1200. The largest absolute Gasteiger partial charge is 0.573 e. The highest BCUT2D eigenvalue weighted by atomic mass is 19.4. The molecule has 0 aromatic heterocycles. The van der Waals surface area contributed by atoms with Crippen LogP contribution in [0.4, 0.5) is 26.3 Å². The van der Waals surface area contributed by atoms with Gasteiger partial charge < -0.3 is 4.74 Å². The molecule has 0 unspecified atom stereocenters. The van der Waals surface area contributed by atoms with Crippen LogP contribution >= 0.6 is 0 Å². The zero-order valence-corrected chi connectivity index (χ0v) is 21.7. The Morgan fingerprint density at radius 3 is 2.18 bits per heavy atom. The lowest BCUT2D eigenvalue weighted by Crippen LogP contribution is -2.19. The fraction of sp³-hybridized carbons (Fsp3) is 0.484. The van der Waals surface area contributed by atoms with Crippen LogP contribution in [0.2, 0.25) is 0 Å². The lowest BCUT2D eigenvalue weighted by atomic mass is 9.76. The van der Waals surface area contributed by atoms with Crippen molar-refractivity contribution < 1.29 is 31.1 Å². The molecule has 4 rings (SSSR count). The maximum Gasteiger partial charge on any atom is 0.573 e. The topological polar surface area (TPSA) is 9.23 Å². The molecule has 0 bridgehead atoms. The van der Waals surface area contributed by atoms with Crippen molar-refractivity contribution in [1.29, 1.82) is 0 Å². The second-order valence-electron chi connectivity index (χ2n) is 10.5. The number of hydrogen-bond acceptors (Lipinski definition) is 1. The number of aryl methyl sites for hydroxylation is 2. The predicted octanol–water partition coefficient (Wildman–Crippen LogP) is 10.2. The van der Waals surface area contributed by atoms with Crippen molar-refractivity contribution in [2.45, 2.75) is 89.8 Å². The second-order valence-corrected chi connectivity index (χ2v) is 10.5. The van der Waals surface area contributed by atoms with Crippen molar-refractivity contribution >= 4 is 10.8 Å². The Hall–Kier alpha value is -2.70. The van der Waals surface area contributed by atoms with E-state index in [1.165, 1.54) is 50.5 Å². The van der Waals surface area contributed by atoms with Gasteiger partial charge in [0, 0.05) is 5.39 Å². The first-order valence-electron chi connectivity index (χ1n) is 13.6. The molecular weight excluding hydrogens is 502 g/mol. The zero-order chi connectivity index (χ0) is 27.3. The molecule has 7 heteroatoms. The van der Waals surface area contributed by atoms with Gasteiger partial charge in [0.2, 0.25) is 5.75 Å². The van der Waals surface area contributed by atoms with Crippen molar-refractivity contribution in [2.75, 3.05) is 0 Å². The SMILES string of the molecule is CCCCCCC1CCC(c2ccc3c(F)c(CCc4cc(F)c(OC(F)(F)F)c(F)c4)ccc3c2)CC1. The lowest BCUT2D eigenvalue weighted by Gasteiger charge is -2.29. The first kappa shape index (κ1) is 28.3. The number of halogens is 6. The molecule has 0 spiro atoms. The summed E-state index contributed by atoms with van der Waals surface area (Å²) in [6, 6.07) is 11.0. The summed E-state index contributed by atoms with van der Waals surface area (Å²) in [6.45, 7) is 2.23. The molecule has 1 fully saturated rings. The third kappa shape index (κ3) is 7.23. The number of ether oxygens (including phenoxy) is 1. The van der Waals surface area contributed by atoms with E-state index in [1.54, 1.807) is 6.07 Å². The van der Waals surface area contributed by atoms with Crippen molar-refractivity contribution in [2.24, 2.45) is 5.92 Å². The average Bonchev–Trinajstić information content (AvgIpc) is 2.88. The van der Waals surface area contributed by atoms with E-state index in [0.29, 0.717) is 16.9 Å². The molecule has 206 valence electrons. The molecule has 0 heterocycles. The molecule has 3 aromatic carbocycles. The van der Waals surface area contributed by atoms with Gasteiger partial charge in [0.25, 0.3) is 0 Å². The van der Waals surface area contributed by atoms with Gasteiger partial charge in [-0.25, -0.2) is 13.2 Å². The van der Waals surface area contributed by atoms with Crippen LogP contribution in [0.3, 0.4) is 0 Å². The minimum absolute atomic E-state index is 0.0579. The first-order valence-corrected chi connectivity index (χ1v) is 13.6. The molecule has 0 aliphatic heterocycles. The van der Waals surface area contributed by atoms with Crippen LogP contribution in [0.15, 0.2) is 42.5 Å². The summed E-state index contributed by atoms with van der Waals surface area (Å²) in [7, 11) is 0. The molecular formula is C31H34F6O. The number of hydrogen-bond donors (Lipinski definition) is 0. The third-order valence-electron chi connectivity index (χ3n) is 7.80. The molecule has 0 saturated heterocycles. The monoisotopic (exact) mass is 536 g/mol. The average molecular weight is 537 g/mol. The van der Waals surface area contributed by atoms with Gasteiger partial charge >= 0.3 is 6.36 Å². The highest BCUT2D eigenvalue weighted by Crippen LogP contribution is 2.39. The van der Waals surface area contributed by atoms with E-state index in [2.05, 4.69) is 17.7 Å². The molecule has 0 amide bonds. The van der Waals surface area contributed by atoms with Crippen molar-refractivity contribution in [3.8, 4) is 5.75 Å². The van der Waals surface area contributed by atoms with Crippen molar-refractivity contribution in [3.05, 3.63) is 76.6 Å². The number of unbranched alkanes of at least 4 members (excludes halogenated alkanes) is 3. The third-order valence-corrected chi connectivity index (χ3v) is 7.80. The van der Waals surface area contributed by atoms with Gasteiger partial charge in [-0.2, -0.15) is 0 Å². The fourth-order valence-electron chi connectivity index (χ4n) is 5.70. The van der Waals surface area contributed by atoms with E-state index < -0.39 is 23.7 Å². The van der Waals surface area contributed by atoms with Crippen LogP contribution in [-0.4, -0.2) is 6.36 Å². The number of benzene rings is 3. The molecule has 3 aromatic rings. The molecule has 0 atom stereocenters. The zero-order valence-electron chi connectivity index (χ0n) is 21.7. The van der Waals surface area contributed by atoms with Gasteiger partial charge in [-0.3, -0.25) is 0 Å². The van der Waals surface area contributed by atoms with Gasteiger partial charge in [0.15, 0.2) is 11.6 Å². The highest BCUT2D eigenvalue weighted by molar-refractivity contribution is 5.84. The normalized spacial score (nSPS) is 18.2. The maximum atomic E-state index is 15.3. The number of fused-ring (bicyclic) bond motifs is 1. The van der Waals surface area contributed by atoms with E-state index in [-0.39, 0.29) is 24.2 Å². The number of rotatable bonds is 10. The second kappa shape index (κ2) is 12.4. The molecule has 0 N–H and O–H groups in total. The minimum atomic E-state index is -5.20. The van der Waals surface area contributed by atoms with Crippen LogP contribution < -0.4 is 4.74 Å². The summed E-state index contributed by atoms with van der Waals surface area (Å²) >= 11 is 0. The van der Waals surface area contributed by atoms with E-state index in [9.17, 15) is 22.0 Å². The smallest absolute Gasteiger partial charge is 0.399 e. The van der Waals surface area contributed by atoms with Crippen molar-refractivity contribution in [3.63, 3.8) is 0 Å². The summed E-state index contributed by atoms with van der Waals surface area (Å²) in [5, 5.41) is 1.30. The summed E-state index contributed by atoms with van der Waals surface area (Å²) in [4.78, 5) is 0. The summed E-state index contributed by atoms with van der Waals surface area (Å²) in [5.74, 6) is -3.47. The first-order chi connectivity index (χ1) is 18.1. The van der Waals surface area contributed by atoms with E-state index in [0.717, 1.165) is 36.3 Å². The molecule has 1 saturated carbocycles. The number of alkyl halides is 3. The van der Waals surface area contributed by atoms with Gasteiger partial charge in [-0.15, -0.1) is 13.2 Å². The highest BCUT2D eigenvalue weighted by Gasteiger charge is 2.34. The van der Waals surface area contributed by atoms with Crippen LogP contribution in [0.1, 0.15) is 87.3 Å². The summed E-state index contributed by atoms with van der Waals surface area (Å²) in [5.41, 5.74) is 1.73. The molecule has 0 radical (unpaired) electrons. The van der Waals surface area contributed by atoms with Crippen LogP contribution in [0, 0.1) is 23.4 Å². The Morgan fingerprint density at radius 2 is 1.53 bits per heavy atom. The Morgan fingerprint density at radius 1 is 0.816 bits per heavy atom. The fourth-order valence-corrected chi connectivity index (χ4v) is 5.70. The van der Waals surface area contributed by atoms with Gasteiger partial charge in [0.05, 0.1) is 0 Å². The molecule has 1 aliphatic carbocycles. The summed E-state index contributed by atoms with van der Waals surface area (Å²) in [6.07, 6.45) is 6.34. The Balaban J connectivity index is 1.39. The van der Waals surface area contributed by atoms with Crippen molar-refractivity contribution in [1.82, 2.24) is 0 Å². The van der Waals surface area contributed by atoms with Gasteiger partial charge in [-0.1, -0.05) is 69.4 Å². The van der Waals surface area contributed by atoms with Gasteiger partial charge in [0.1, 0.15) is 5.82 Å². The Labute approximate surface area is 220 Å². The van der Waals surface area contributed by atoms with E-state index in [1.807, 2.05) is 18.2 Å². The quantitative estimate of drug-likeness (QED) is 0.185. The van der Waals surface area contributed by atoms with Crippen LogP contribution in [0.5, 0.6) is 5.75 Å². The van der Waals surface area contributed by atoms with E-state index >= 15 is 4.39 Å². The Kier molecular flexibility index (Phi) is 9.27. The van der Waals surface area contributed by atoms with E-state index in [4.69, 9.17) is 0 Å². The molecule has 1 aliphatic rings. The minimum Gasteiger partial charge on any atom is -0.399 e.